The number of anilines is 4. The fourth-order valence-electron chi connectivity index (χ4n) is 9.24. The van der Waals surface area contributed by atoms with Crippen molar-refractivity contribution in [1.82, 2.24) is 0 Å². The van der Waals surface area contributed by atoms with Crippen molar-refractivity contribution in [1.29, 1.82) is 0 Å². The maximum atomic E-state index is 14.2. The van der Waals surface area contributed by atoms with Crippen LogP contribution in [0.5, 0.6) is 0 Å². The second kappa shape index (κ2) is 10.9. The van der Waals surface area contributed by atoms with Crippen molar-refractivity contribution >= 4 is 22.7 Å². The molecule has 0 saturated heterocycles. The Balaban J connectivity index is 1.15. The molecule has 3 aliphatic rings. The zero-order valence-corrected chi connectivity index (χ0v) is 30.1. The molecule has 254 valence electrons. The third-order valence-electron chi connectivity index (χ3n) is 12.2. The largest absolute Gasteiger partial charge is 0.331 e. The Kier molecular flexibility index (Phi) is 6.78. The monoisotopic (exact) mass is 672 g/mol. The Morgan fingerprint density at radius 1 is 0.510 bits per heavy atom. The molecule has 0 aliphatic heterocycles. The molecule has 2 unspecified atom stereocenters. The molecule has 0 fully saturated rings. The van der Waals surface area contributed by atoms with E-state index in [1.54, 1.807) is 24.3 Å². The quantitative estimate of drug-likeness (QED) is 0.167. The van der Waals surface area contributed by atoms with Crippen LogP contribution in [0, 0.1) is 25.5 Å². The molecular formula is C47H42F2N2. The van der Waals surface area contributed by atoms with Gasteiger partial charge >= 0.3 is 0 Å². The second-order valence-electron chi connectivity index (χ2n) is 15.6. The van der Waals surface area contributed by atoms with E-state index in [1.807, 2.05) is 24.3 Å². The Bertz CT molecular complexity index is 2250. The van der Waals surface area contributed by atoms with Gasteiger partial charge in [0.25, 0.3) is 0 Å². The predicted molar refractivity (Wildman–Crippen MR) is 206 cm³/mol. The zero-order valence-electron chi connectivity index (χ0n) is 30.1. The lowest BCUT2D eigenvalue weighted by atomic mass is 9.65. The molecule has 0 N–H and O–H groups in total. The third kappa shape index (κ3) is 4.51. The van der Waals surface area contributed by atoms with Gasteiger partial charge in [0.2, 0.25) is 0 Å². The molecule has 2 nitrogen and oxygen atoms in total. The summed E-state index contributed by atoms with van der Waals surface area (Å²) in [5.41, 5.74) is 16.5. The van der Waals surface area contributed by atoms with Crippen molar-refractivity contribution in [2.45, 2.75) is 70.9 Å². The topological polar surface area (TPSA) is 6.48 Å². The standard InChI is InChI=1S/C47H42F2N2/c1-7-47(51(36-18-10-30(3)11-19-36)37-22-14-33(49)15-23-37)28-31-24-38-39-25-43-44(27-42(39)45(4,5)41(38)26-40(31)47)46(43,6)50(34-16-8-29(2)9-17-34)35-20-12-32(48)13-21-35/h8-27H,7,28H2,1-6H3. The summed E-state index contributed by atoms with van der Waals surface area (Å²) < 4.78 is 28.3. The van der Waals surface area contributed by atoms with Crippen LogP contribution in [0.25, 0.3) is 11.1 Å². The first-order chi connectivity index (χ1) is 24.5. The van der Waals surface area contributed by atoms with Gasteiger partial charge in [-0.05, 0) is 151 Å². The van der Waals surface area contributed by atoms with Gasteiger partial charge in [-0.3, -0.25) is 0 Å². The van der Waals surface area contributed by atoms with Crippen molar-refractivity contribution in [2.75, 3.05) is 9.80 Å². The summed E-state index contributed by atoms with van der Waals surface area (Å²) in [6.07, 6.45) is 1.82. The van der Waals surface area contributed by atoms with E-state index in [-0.39, 0.29) is 28.1 Å². The van der Waals surface area contributed by atoms with E-state index in [0.717, 1.165) is 35.6 Å². The highest BCUT2D eigenvalue weighted by Crippen LogP contribution is 2.63. The van der Waals surface area contributed by atoms with Crippen molar-refractivity contribution in [3.8, 4) is 11.1 Å². The lowest BCUT2D eigenvalue weighted by molar-refractivity contribution is 0.362. The van der Waals surface area contributed by atoms with Crippen LogP contribution in [-0.2, 0) is 22.9 Å². The van der Waals surface area contributed by atoms with Crippen LogP contribution < -0.4 is 9.80 Å². The summed E-state index contributed by atoms with van der Waals surface area (Å²) in [5.74, 6) is -0.461. The van der Waals surface area contributed by atoms with Crippen molar-refractivity contribution in [2.24, 2.45) is 0 Å². The Labute approximate surface area is 300 Å². The van der Waals surface area contributed by atoms with Gasteiger partial charge in [-0.25, -0.2) is 8.78 Å². The summed E-state index contributed by atoms with van der Waals surface area (Å²) in [5, 5.41) is 0. The van der Waals surface area contributed by atoms with Crippen LogP contribution in [0.3, 0.4) is 0 Å². The zero-order chi connectivity index (χ0) is 35.4. The van der Waals surface area contributed by atoms with Crippen LogP contribution in [0.4, 0.5) is 31.5 Å². The molecule has 0 aromatic heterocycles. The molecule has 0 heterocycles. The number of fused-ring (bicyclic) bond motifs is 5. The number of aryl methyl sites for hydroxylation is 2. The first-order valence-corrected chi connectivity index (χ1v) is 18.1. The van der Waals surface area contributed by atoms with E-state index in [2.05, 4.69) is 124 Å². The predicted octanol–water partition coefficient (Wildman–Crippen LogP) is 12.3. The number of hydrogen-bond donors (Lipinski definition) is 0. The maximum absolute atomic E-state index is 14.2. The maximum Gasteiger partial charge on any atom is 0.123 e. The summed E-state index contributed by atoms with van der Waals surface area (Å²) in [7, 11) is 0. The van der Waals surface area contributed by atoms with Gasteiger partial charge in [0.05, 0.1) is 11.1 Å². The Morgan fingerprint density at radius 2 is 0.922 bits per heavy atom. The molecule has 0 radical (unpaired) electrons. The fraction of sp³-hybridized carbons (Fsp3) is 0.234. The molecular weight excluding hydrogens is 631 g/mol. The van der Waals surface area contributed by atoms with Crippen LogP contribution >= 0.6 is 0 Å². The molecule has 9 rings (SSSR count). The smallest absolute Gasteiger partial charge is 0.123 e. The van der Waals surface area contributed by atoms with E-state index in [1.165, 1.54) is 55.6 Å². The molecule has 4 heteroatoms. The van der Waals surface area contributed by atoms with E-state index in [0.29, 0.717) is 0 Å². The minimum Gasteiger partial charge on any atom is -0.331 e. The van der Waals surface area contributed by atoms with Gasteiger partial charge in [-0.2, -0.15) is 0 Å². The highest BCUT2D eigenvalue weighted by atomic mass is 19.1. The SMILES string of the molecule is CCC1(N(c2ccc(C)cc2)c2ccc(F)cc2)Cc2cc3c(cc21)C(C)(C)c1cc2c(cc1-3)C2(C)N(c1ccc(C)cc1)c1ccc(F)cc1. The summed E-state index contributed by atoms with van der Waals surface area (Å²) in [6, 6.07) is 41.0. The van der Waals surface area contributed by atoms with Gasteiger partial charge < -0.3 is 9.80 Å². The lowest BCUT2D eigenvalue weighted by Gasteiger charge is -2.53. The van der Waals surface area contributed by atoms with Crippen molar-refractivity contribution < 1.29 is 8.78 Å². The van der Waals surface area contributed by atoms with E-state index in [4.69, 9.17) is 0 Å². The van der Waals surface area contributed by atoms with E-state index in [9.17, 15) is 8.78 Å². The number of halogens is 2. The first-order valence-electron chi connectivity index (χ1n) is 18.1. The average molecular weight is 673 g/mol. The highest BCUT2D eigenvalue weighted by Gasteiger charge is 2.55. The highest BCUT2D eigenvalue weighted by molar-refractivity contribution is 5.88. The summed E-state index contributed by atoms with van der Waals surface area (Å²) >= 11 is 0. The Morgan fingerprint density at radius 3 is 1.41 bits per heavy atom. The fourth-order valence-corrected chi connectivity index (χ4v) is 9.24. The minimum atomic E-state index is -0.353. The molecule has 0 bridgehead atoms. The molecule has 0 spiro atoms. The first kappa shape index (κ1) is 31.7. The molecule has 0 saturated carbocycles. The molecule has 3 aliphatic carbocycles. The molecule has 0 amide bonds. The Hall–Kier alpha value is -5.22. The lowest BCUT2D eigenvalue weighted by Crippen LogP contribution is -2.51. The van der Waals surface area contributed by atoms with Gasteiger partial charge in [0, 0.05) is 34.6 Å². The van der Waals surface area contributed by atoms with Gasteiger partial charge in [0.15, 0.2) is 0 Å². The third-order valence-corrected chi connectivity index (χ3v) is 12.2. The van der Waals surface area contributed by atoms with Crippen molar-refractivity contribution in [3.05, 3.63) is 177 Å². The average Bonchev–Trinajstić information content (AvgIpc) is 3.63. The van der Waals surface area contributed by atoms with Gasteiger partial charge in [-0.1, -0.05) is 74.4 Å². The van der Waals surface area contributed by atoms with Gasteiger partial charge in [-0.15, -0.1) is 0 Å². The van der Waals surface area contributed by atoms with E-state index < -0.39 is 0 Å². The van der Waals surface area contributed by atoms with Crippen LogP contribution in [0.2, 0.25) is 0 Å². The summed E-state index contributed by atoms with van der Waals surface area (Å²) in [6.45, 7) is 13.5. The normalized spacial score (nSPS) is 20.1. The summed E-state index contributed by atoms with van der Waals surface area (Å²) in [4.78, 5) is 4.80. The number of nitrogens with zero attached hydrogens (tertiary/aromatic N) is 2. The van der Waals surface area contributed by atoms with E-state index >= 15 is 0 Å². The van der Waals surface area contributed by atoms with Gasteiger partial charge in [0.1, 0.15) is 11.6 Å². The minimum absolute atomic E-state index is 0.206. The second-order valence-corrected chi connectivity index (χ2v) is 15.6. The molecule has 2 atom stereocenters. The number of hydrogen-bond acceptors (Lipinski definition) is 2. The number of benzene rings is 6. The van der Waals surface area contributed by atoms with Crippen LogP contribution in [-0.4, -0.2) is 0 Å². The molecule has 51 heavy (non-hydrogen) atoms. The molecule has 6 aromatic carbocycles. The van der Waals surface area contributed by atoms with Crippen LogP contribution in [0.15, 0.2) is 121 Å². The van der Waals surface area contributed by atoms with Crippen molar-refractivity contribution in [3.63, 3.8) is 0 Å². The number of rotatable bonds is 7. The molecule has 6 aromatic rings. The van der Waals surface area contributed by atoms with Crippen LogP contribution in [0.1, 0.15) is 78.6 Å².